The molecule has 4 saturated carbocycles. The molecule has 7 atom stereocenters. The van der Waals surface area contributed by atoms with Crippen molar-refractivity contribution in [2.75, 3.05) is 13.7 Å². The number of Topliss-reactive ketones (excluding diaryl/α,β-unsaturated/α-hetero) is 1. The molecule has 0 radical (unpaired) electrons. The first-order chi connectivity index (χ1) is 11.5. The summed E-state index contributed by atoms with van der Waals surface area (Å²) < 4.78 is 5.18. The lowest BCUT2D eigenvalue weighted by Gasteiger charge is -2.60. The molecular weight excluding hydrogens is 296 g/mol. The van der Waals surface area contributed by atoms with Crippen molar-refractivity contribution in [1.82, 2.24) is 0 Å². The number of ketones is 1. The van der Waals surface area contributed by atoms with Crippen LogP contribution >= 0.6 is 0 Å². The van der Waals surface area contributed by atoms with Crippen LogP contribution < -0.4 is 0 Å². The van der Waals surface area contributed by atoms with Gasteiger partial charge in [0, 0.05) is 13.0 Å². The van der Waals surface area contributed by atoms with Gasteiger partial charge in [-0.25, -0.2) is 0 Å². The second-order valence-electron chi connectivity index (χ2n) is 9.98. The van der Waals surface area contributed by atoms with E-state index in [1.54, 1.807) is 7.11 Å². The molecule has 0 amide bonds. The molecule has 0 aromatic carbocycles. The van der Waals surface area contributed by atoms with Crippen LogP contribution in [0.15, 0.2) is 0 Å². The number of hydrogen-bond acceptors (Lipinski definition) is 2. The normalized spacial score (nSPS) is 50.7. The van der Waals surface area contributed by atoms with Crippen molar-refractivity contribution in [1.29, 1.82) is 0 Å². The van der Waals surface area contributed by atoms with E-state index in [0.717, 1.165) is 30.1 Å². The standard InChI is InChI=1S/C22H36O2/c1-21-12-5-4-6-15(21)7-8-16-17-9-10-19(20(23)14-24-3)22(17,2)13-11-18(16)21/h15-19H,4-14H2,1-3H3/t15-,16+,17+,18+,19-,21+,22+/m1/s1. The summed E-state index contributed by atoms with van der Waals surface area (Å²) in [6, 6.07) is 0. The molecule has 4 fully saturated rings. The van der Waals surface area contributed by atoms with Crippen molar-refractivity contribution >= 4 is 5.78 Å². The maximum absolute atomic E-state index is 12.6. The number of methoxy groups -OCH3 is 1. The molecule has 0 unspecified atom stereocenters. The van der Waals surface area contributed by atoms with Crippen LogP contribution in [-0.2, 0) is 9.53 Å². The number of rotatable bonds is 3. The lowest BCUT2D eigenvalue weighted by molar-refractivity contribution is -0.138. The summed E-state index contributed by atoms with van der Waals surface area (Å²) in [6.45, 7) is 5.41. The monoisotopic (exact) mass is 332 g/mol. The zero-order valence-electron chi connectivity index (χ0n) is 16.0. The molecule has 0 saturated heterocycles. The van der Waals surface area contributed by atoms with E-state index in [9.17, 15) is 4.79 Å². The number of carbonyl (C=O) groups excluding carboxylic acids is 1. The van der Waals surface area contributed by atoms with Crippen molar-refractivity contribution < 1.29 is 9.53 Å². The maximum atomic E-state index is 12.6. The topological polar surface area (TPSA) is 26.3 Å². The highest BCUT2D eigenvalue weighted by atomic mass is 16.5. The van der Waals surface area contributed by atoms with E-state index in [1.165, 1.54) is 57.8 Å². The van der Waals surface area contributed by atoms with Crippen LogP contribution in [0.2, 0.25) is 0 Å². The molecule has 0 spiro atoms. The summed E-state index contributed by atoms with van der Waals surface area (Å²) in [5.41, 5.74) is 0.867. The first kappa shape index (κ1) is 17.1. The summed E-state index contributed by atoms with van der Waals surface area (Å²) in [5.74, 6) is 4.25. The van der Waals surface area contributed by atoms with Crippen molar-refractivity contribution in [2.24, 2.45) is 40.4 Å². The second-order valence-corrected chi connectivity index (χ2v) is 9.98. The third kappa shape index (κ3) is 2.35. The minimum Gasteiger partial charge on any atom is -0.377 e. The highest BCUT2D eigenvalue weighted by Crippen LogP contribution is 2.67. The van der Waals surface area contributed by atoms with Gasteiger partial charge in [-0.05, 0) is 85.9 Å². The number of ether oxygens (including phenoxy) is 1. The van der Waals surface area contributed by atoms with E-state index < -0.39 is 0 Å². The Morgan fingerprint density at radius 1 is 0.917 bits per heavy atom. The van der Waals surface area contributed by atoms with E-state index in [4.69, 9.17) is 4.74 Å². The smallest absolute Gasteiger partial charge is 0.162 e. The summed E-state index contributed by atoms with van der Waals surface area (Å²) >= 11 is 0. The largest absolute Gasteiger partial charge is 0.377 e. The number of carbonyl (C=O) groups is 1. The predicted octanol–water partition coefficient (Wildman–Crippen LogP) is 5.25. The zero-order valence-corrected chi connectivity index (χ0v) is 16.0. The molecule has 0 bridgehead atoms. The third-order valence-electron chi connectivity index (χ3n) is 9.26. The molecule has 0 aromatic rings. The van der Waals surface area contributed by atoms with Gasteiger partial charge in [0.25, 0.3) is 0 Å². The minimum atomic E-state index is 0.259. The van der Waals surface area contributed by atoms with E-state index in [-0.39, 0.29) is 11.3 Å². The molecule has 0 aliphatic heterocycles. The minimum absolute atomic E-state index is 0.259. The highest BCUT2D eigenvalue weighted by Gasteiger charge is 2.60. The molecular formula is C22H36O2. The average molecular weight is 333 g/mol. The van der Waals surface area contributed by atoms with Gasteiger partial charge in [0.2, 0.25) is 0 Å². The summed E-state index contributed by atoms with van der Waals surface area (Å²) in [6.07, 6.45) is 13.8. The lowest BCUT2D eigenvalue weighted by atomic mass is 9.45. The Balaban J connectivity index is 1.58. The van der Waals surface area contributed by atoms with Crippen molar-refractivity contribution in [3.8, 4) is 0 Å². The first-order valence-corrected chi connectivity index (χ1v) is 10.5. The molecule has 2 nitrogen and oxygen atoms in total. The summed E-state index contributed by atoms with van der Waals surface area (Å²) in [4.78, 5) is 12.6. The van der Waals surface area contributed by atoms with Gasteiger partial charge in [0.15, 0.2) is 5.78 Å². The number of hydrogen-bond donors (Lipinski definition) is 0. The van der Waals surface area contributed by atoms with Gasteiger partial charge >= 0.3 is 0 Å². The van der Waals surface area contributed by atoms with Gasteiger partial charge in [-0.15, -0.1) is 0 Å². The van der Waals surface area contributed by atoms with Crippen LogP contribution in [0, 0.1) is 40.4 Å². The first-order valence-electron chi connectivity index (χ1n) is 10.5. The van der Waals surface area contributed by atoms with Gasteiger partial charge < -0.3 is 4.74 Å². The average Bonchev–Trinajstić information content (AvgIpc) is 2.92. The quantitative estimate of drug-likeness (QED) is 0.705. The van der Waals surface area contributed by atoms with E-state index in [2.05, 4.69) is 13.8 Å². The Morgan fingerprint density at radius 2 is 1.71 bits per heavy atom. The van der Waals surface area contributed by atoms with Crippen LogP contribution in [0.1, 0.15) is 78.1 Å². The van der Waals surface area contributed by atoms with Gasteiger partial charge in [-0.1, -0.05) is 26.7 Å². The highest BCUT2D eigenvalue weighted by molar-refractivity contribution is 5.83. The van der Waals surface area contributed by atoms with Gasteiger partial charge in [-0.3, -0.25) is 4.79 Å². The van der Waals surface area contributed by atoms with E-state index >= 15 is 0 Å². The molecule has 0 aromatic heterocycles. The molecule has 0 heterocycles. The Labute approximate surface area is 148 Å². The molecule has 4 aliphatic carbocycles. The Morgan fingerprint density at radius 3 is 2.50 bits per heavy atom. The maximum Gasteiger partial charge on any atom is 0.162 e. The van der Waals surface area contributed by atoms with Crippen molar-refractivity contribution in [3.63, 3.8) is 0 Å². The van der Waals surface area contributed by atoms with Crippen LogP contribution in [0.4, 0.5) is 0 Å². The zero-order chi connectivity index (χ0) is 16.9. The fraction of sp³-hybridized carbons (Fsp3) is 0.955. The fourth-order valence-electron chi connectivity index (χ4n) is 8.07. The van der Waals surface area contributed by atoms with Crippen molar-refractivity contribution in [2.45, 2.75) is 78.1 Å². The van der Waals surface area contributed by atoms with Gasteiger partial charge in [0.1, 0.15) is 6.61 Å². The summed E-state index contributed by atoms with van der Waals surface area (Å²) in [7, 11) is 1.66. The second kappa shape index (κ2) is 6.11. The van der Waals surface area contributed by atoms with Gasteiger partial charge in [-0.2, -0.15) is 0 Å². The molecule has 4 aliphatic rings. The van der Waals surface area contributed by atoms with Crippen LogP contribution in [0.5, 0.6) is 0 Å². The van der Waals surface area contributed by atoms with E-state index in [1.807, 2.05) is 0 Å². The SMILES string of the molecule is COCC(=O)[C@H]1CC[C@H]2[C@@H]3CC[C@H]4CCCC[C@]4(C)[C@H]3CC[C@]12C. The molecule has 136 valence electrons. The Kier molecular flexibility index (Phi) is 4.34. The fourth-order valence-corrected chi connectivity index (χ4v) is 8.07. The lowest BCUT2D eigenvalue weighted by Crippen LogP contribution is -2.53. The van der Waals surface area contributed by atoms with Crippen molar-refractivity contribution in [3.05, 3.63) is 0 Å². The molecule has 0 N–H and O–H groups in total. The number of fused-ring (bicyclic) bond motifs is 5. The van der Waals surface area contributed by atoms with Gasteiger partial charge in [0.05, 0.1) is 0 Å². The molecule has 4 rings (SSSR count). The van der Waals surface area contributed by atoms with E-state index in [0.29, 0.717) is 17.8 Å². The van der Waals surface area contributed by atoms with Crippen LogP contribution in [0.3, 0.4) is 0 Å². The molecule has 2 heteroatoms. The Hall–Kier alpha value is -0.370. The van der Waals surface area contributed by atoms with Crippen LogP contribution in [0.25, 0.3) is 0 Å². The van der Waals surface area contributed by atoms with Crippen LogP contribution in [-0.4, -0.2) is 19.5 Å². The predicted molar refractivity (Wildman–Crippen MR) is 96.7 cm³/mol. The summed E-state index contributed by atoms with van der Waals surface area (Å²) in [5, 5.41) is 0. The third-order valence-corrected chi connectivity index (χ3v) is 9.26. The Bertz CT molecular complexity index is 500. The molecule has 24 heavy (non-hydrogen) atoms.